The third-order valence-corrected chi connectivity index (χ3v) is 3.27. The maximum atomic E-state index is 12.1. The van der Waals surface area contributed by atoms with E-state index in [1.165, 1.54) is 0 Å². The van der Waals surface area contributed by atoms with E-state index in [1.807, 2.05) is 29.2 Å². The summed E-state index contributed by atoms with van der Waals surface area (Å²) in [6.45, 7) is 3.60. The monoisotopic (exact) mass is 278 g/mol. The first kappa shape index (κ1) is 15.0. The number of hydrogen-bond donors (Lipinski definition) is 1. The van der Waals surface area contributed by atoms with Gasteiger partial charge in [-0.15, -0.1) is 0 Å². The Kier molecular flexibility index (Phi) is 5.98. The van der Waals surface area contributed by atoms with Gasteiger partial charge in [0.25, 0.3) is 0 Å². The van der Waals surface area contributed by atoms with Gasteiger partial charge < -0.3 is 19.7 Å². The second-order valence-electron chi connectivity index (χ2n) is 4.74. The van der Waals surface area contributed by atoms with Gasteiger partial charge in [-0.05, 0) is 18.1 Å². The quantitative estimate of drug-likeness (QED) is 0.761. The smallest absolute Gasteiger partial charge is 0.241 e. The number of carbonyl (C=O) groups excluding carboxylic acids is 1. The van der Waals surface area contributed by atoms with Crippen LogP contribution < -0.4 is 10.2 Å². The summed E-state index contributed by atoms with van der Waals surface area (Å²) in [7, 11) is 1.68. The van der Waals surface area contributed by atoms with Crippen molar-refractivity contribution in [3.8, 4) is 0 Å². The Morgan fingerprint density at radius 2 is 2.05 bits per heavy atom. The lowest BCUT2D eigenvalue weighted by Crippen LogP contribution is -2.37. The van der Waals surface area contributed by atoms with E-state index in [2.05, 4.69) is 5.32 Å². The Balaban J connectivity index is 1.90. The molecule has 0 radical (unpaired) electrons. The molecule has 0 unspecified atom stereocenters. The van der Waals surface area contributed by atoms with Crippen molar-refractivity contribution in [3.05, 3.63) is 29.8 Å². The van der Waals surface area contributed by atoms with Gasteiger partial charge in [0.15, 0.2) is 0 Å². The molecule has 2 rings (SSSR count). The molecular weight excluding hydrogens is 256 g/mol. The summed E-state index contributed by atoms with van der Waals surface area (Å²) in [5, 5.41) is 3.15. The molecule has 0 saturated heterocycles. The molecule has 1 aromatic rings. The van der Waals surface area contributed by atoms with E-state index >= 15 is 0 Å². The molecule has 1 aromatic carbocycles. The molecule has 0 atom stereocenters. The van der Waals surface area contributed by atoms with E-state index in [0.717, 1.165) is 24.2 Å². The van der Waals surface area contributed by atoms with Crippen LogP contribution in [0, 0.1) is 0 Å². The van der Waals surface area contributed by atoms with Crippen molar-refractivity contribution in [3.63, 3.8) is 0 Å². The van der Waals surface area contributed by atoms with Crippen LogP contribution >= 0.6 is 0 Å². The second-order valence-corrected chi connectivity index (χ2v) is 4.74. The van der Waals surface area contributed by atoms with Crippen molar-refractivity contribution in [2.24, 2.45) is 0 Å². The molecule has 0 aromatic heterocycles. The number of nitrogens with zero attached hydrogens (tertiary/aromatic N) is 1. The lowest BCUT2D eigenvalue weighted by molar-refractivity contribution is -0.117. The normalized spacial score (nSPS) is 15.1. The van der Waals surface area contributed by atoms with Crippen LogP contribution in [0.4, 0.5) is 5.69 Å². The van der Waals surface area contributed by atoms with Crippen LogP contribution in [0.15, 0.2) is 24.3 Å². The predicted octanol–water partition coefficient (Wildman–Crippen LogP) is 1.18. The summed E-state index contributed by atoms with van der Waals surface area (Å²) in [4.78, 5) is 13.9. The highest BCUT2D eigenvalue weighted by Gasteiger charge is 2.20. The number of carbonyl (C=O) groups is 1. The molecule has 1 aliphatic rings. The van der Waals surface area contributed by atoms with E-state index in [0.29, 0.717) is 32.9 Å². The summed E-state index contributed by atoms with van der Waals surface area (Å²) in [5.74, 6) is 0.0930. The SMILES string of the molecule is COCCCOCCN1C(=O)CNCc2ccccc21. The van der Waals surface area contributed by atoms with Crippen LogP contribution in [0.25, 0.3) is 0 Å². The molecule has 0 spiro atoms. The highest BCUT2D eigenvalue weighted by atomic mass is 16.5. The molecule has 0 saturated carbocycles. The number of para-hydroxylation sites is 1. The summed E-state index contributed by atoms with van der Waals surface area (Å²) in [5.41, 5.74) is 2.14. The van der Waals surface area contributed by atoms with Gasteiger partial charge in [0.1, 0.15) is 0 Å². The largest absolute Gasteiger partial charge is 0.385 e. The molecule has 110 valence electrons. The van der Waals surface area contributed by atoms with Crippen LogP contribution in [-0.4, -0.2) is 45.9 Å². The molecule has 0 bridgehead atoms. The minimum absolute atomic E-state index is 0.0930. The number of fused-ring (bicyclic) bond motifs is 1. The number of methoxy groups -OCH3 is 1. The number of amides is 1. The summed E-state index contributed by atoms with van der Waals surface area (Å²) in [6.07, 6.45) is 0.878. The van der Waals surface area contributed by atoms with Gasteiger partial charge in [-0.25, -0.2) is 0 Å². The summed E-state index contributed by atoms with van der Waals surface area (Å²) >= 11 is 0. The molecule has 1 heterocycles. The number of rotatable bonds is 7. The summed E-state index contributed by atoms with van der Waals surface area (Å²) < 4.78 is 10.5. The number of nitrogens with one attached hydrogen (secondary N) is 1. The average Bonchev–Trinajstić information content (AvgIpc) is 2.62. The molecule has 0 aliphatic carbocycles. The highest BCUT2D eigenvalue weighted by Crippen LogP contribution is 2.22. The second kappa shape index (κ2) is 7.99. The zero-order valence-electron chi connectivity index (χ0n) is 11.9. The maximum absolute atomic E-state index is 12.1. The number of hydrogen-bond acceptors (Lipinski definition) is 4. The third-order valence-electron chi connectivity index (χ3n) is 3.27. The van der Waals surface area contributed by atoms with E-state index < -0.39 is 0 Å². The summed E-state index contributed by atoms with van der Waals surface area (Å²) in [6, 6.07) is 8.00. The van der Waals surface area contributed by atoms with Gasteiger partial charge in [0.05, 0.1) is 13.2 Å². The van der Waals surface area contributed by atoms with Crippen molar-refractivity contribution < 1.29 is 14.3 Å². The van der Waals surface area contributed by atoms with Crippen molar-refractivity contribution in [1.29, 1.82) is 0 Å². The number of ether oxygens (including phenoxy) is 2. The molecule has 1 aliphatic heterocycles. The Hall–Kier alpha value is -1.43. The highest BCUT2D eigenvalue weighted by molar-refractivity contribution is 5.96. The molecular formula is C15H22N2O3. The lowest BCUT2D eigenvalue weighted by Gasteiger charge is -2.22. The van der Waals surface area contributed by atoms with Crippen LogP contribution in [0.5, 0.6) is 0 Å². The number of benzene rings is 1. The van der Waals surface area contributed by atoms with Gasteiger partial charge in [-0.1, -0.05) is 18.2 Å². The van der Waals surface area contributed by atoms with Crippen LogP contribution in [0.1, 0.15) is 12.0 Å². The average molecular weight is 278 g/mol. The predicted molar refractivity (Wildman–Crippen MR) is 77.8 cm³/mol. The minimum atomic E-state index is 0.0930. The minimum Gasteiger partial charge on any atom is -0.385 e. The van der Waals surface area contributed by atoms with E-state index in [4.69, 9.17) is 9.47 Å². The van der Waals surface area contributed by atoms with Crippen LogP contribution in [-0.2, 0) is 20.8 Å². The maximum Gasteiger partial charge on any atom is 0.241 e. The van der Waals surface area contributed by atoms with Gasteiger partial charge >= 0.3 is 0 Å². The Labute approximate surface area is 119 Å². The molecule has 1 N–H and O–H groups in total. The molecule has 5 nitrogen and oxygen atoms in total. The fourth-order valence-corrected chi connectivity index (χ4v) is 2.27. The molecule has 5 heteroatoms. The standard InChI is InChI=1S/C15H22N2O3/c1-19-8-4-9-20-10-7-17-14-6-3-2-5-13(14)11-16-12-15(17)18/h2-3,5-6,16H,4,7-12H2,1H3. The van der Waals surface area contributed by atoms with Crippen molar-refractivity contribution in [1.82, 2.24) is 5.32 Å². The zero-order valence-corrected chi connectivity index (χ0v) is 11.9. The lowest BCUT2D eigenvalue weighted by atomic mass is 10.1. The van der Waals surface area contributed by atoms with Gasteiger partial charge in [0, 0.05) is 39.1 Å². The molecule has 1 amide bonds. The fraction of sp³-hybridized carbons (Fsp3) is 0.533. The van der Waals surface area contributed by atoms with E-state index in [9.17, 15) is 4.79 Å². The Morgan fingerprint density at radius 3 is 2.90 bits per heavy atom. The van der Waals surface area contributed by atoms with Gasteiger partial charge in [-0.3, -0.25) is 4.79 Å². The van der Waals surface area contributed by atoms with Gasteiger partial charge in [0.2, 0.25) is 5.91 Å². The first-order chi connectivity index (χ1) is 9.83. The third kappa shape index (κ3) is 4.03. The first-order valence-electron chi connectivity index (χ1n) is 6.98. The molecule has 20 heavy (non-hydrogen) atoms. The van der Waals surface area contributed by atoms with Crippen molar-refractivity contribution >= 4 is 11.6 Å². The Bertz CT molecular complexity index is 437. The van der Waals surface area contributed by atoms with Crippen molar-refractivity contribution in [2.45, 2.75) is 13.0 Å². The van der Waals surface area contributed by atoms with E-state index in [-0.39, 0.29) is 5.91 Å². The van der Waals surface area contributed by atoms with Crippen molar-refractivity contribution in [2.75, 3.05) is 44.9 Å². The Morgan fingerprint density at radius 1 is 1.20 bits per heavy atom. The first-order valence-corrected chi connectivity index (χ1v) is 6.98. The topological polar surface area (TPSA) is 50.8 Å². The van der Waals surface area contributed by atoms with Crippen LogP contribution in [0.2, 0.25) is 0 Å². The fourth-order valence-electron chi connectivity index (χ4n) is 2.27. The van der Waals surface area contributed by atoms with Crippen LogP contribution in [0.3, 0.4) is 0 Å². The zero-order chi connectivity index (χ0) is 14.2. The number of anilines is 1. The molecule has 0 fully saturated rings. The van der Waals surface area contributed by atoms with E-state index in [1.54, 1.807) is 7.11 Å². The van der Waals surface area contributed by atoms with Gasteiger partial charge in [-0.2, -0.15) is 0 Å².